The Kier molecular flexibility index (Phi) is 13.4. The van der Waals surface area contributed by atoms with Crippen LogP contribution in [0.1, 0.15) is 24.0 Å². The standard InChI is InChI=1S/C31H36N6O8/c1-45-20-35-27(40)18-34-31(44)24(16-22-6-3-2-4-7-22)36-28(41)19-33-26(39)17-32-25(38)9-5-8-21-10-12-23(13-11-21)37-29(42)14-15-30(37)43/h2-4,6-7,10-15,24H,5,8-9,16-20H2,1H3,(H,32,38)(H,33,39)(H,34,44)(H,35,40)(H,36,41). The van der Waals surface area contributed by atoms with Crippen LogP contribution >= 0.6 is 0 Å². The quantitative estimate of drug-likeness (QED) is 0.112. The lowest BCUT2D eigenvalue weighted by Gasteiger charge is -2.19. The molecule has 14 nitrogen and oxygen atoms in total. The van der Waals surface area contributed by atoms with Crippen molar-refractivity contribution in [1.29, 1.82) is 0 Å². The van der Waals surface area contributed by atoms with Gasteiger partial charge in [-0.2, -0.15) is 0 Å². The monoisotopic (exact) mass is 620 g/mol. The van der Waals surface area contributed by atoms with Crippen LogP contribution in [0.5, 0.6) is 0 Å². The molecular formula is C31H36N6O8. The van der Waals surface area contributed by atoms with Crippen molar-refractivity contribution in [3.63, 3.8) is 0 Å². The zero-order valence-corrected chi connectivity index (χ0v) is 24.8. The Labute approximate surface area is 259 Å². The molecule has 0 aromatic heterocycles. The van der Waals surface area contributed by atoms with E-state index in [-0.39, 0.29) is 38.6 Å². The summed E-state index contributed by atoms with van der Waals surface area (Å²) in [7, 11) is 1.41. The van der Waals surface area contributed by atoms with E-state index in [9.17, 15) is 33.6 Å². The van der Waals surface area contributed by atoms with E-state index < -0.39 is 48.0 Å². The first-order valence-corrected chi connectivity index (χ1v) is 14.2. The third kappa shape index (κ3) is 11.7. The van der Waals surface area contributed by atoms with Crippen LogP contribution in [0.25, 0.3) is 0 Å². The van der Waals surface area contributed by atoms with Gasteiger partial charge in [0.2, 0.25) is 29.5 Å². The first kappa shape index (κ1) is 34.1. The molecule has 0 saturated carbocycles. The zero-order valence-electron chi connectivity index (χ0n) is 24.8. The average molecular weight is 621 g/mol. The number of ether oxygens (including phenoxy) is 1. The lowest BCUT2D eigenvalue weighted by molar-refractivity contribution is -0.131. The van der Waals surface area contributed by atoms with E-state index in [1.54, 1.807) is 48.5 Å². The van der Waals surface area contributed by atoms with Crippen LogP contribution in [0.2, 0.25) is 0 Å². The van der Waals surface area contributed by atoms with Crippen molar-refractivity contribution in [1.82, 2.24) is 26.6 Å². The third-order valence-electron chi connectivity index (χ3n) is 6.54. The minimum atomic E-state index is -1.01. The fourth-order valence-electron chi connectivity index (χ4n) is 4.24. The lowest BCUT2D eigenvalue weighted by Crippen LogP contribution is -2.52. The fraction of sp³-hybridized carbons (Fsp3) is 0.323. The van der Waals surface area contributed by atoms with Gasteiger partial charge in [-0.25, -0.2) is 4.90 Å². The summed E-state index contributed by atoms with van der Waals surface area (Å²) in [4.78, 5) is 86.2. The van der Waals surface area contributed by atoms with E-state index in [1.807, 2.05) is 6.07 Å². The highest BCUT2D eigenvalue weighted by atomic mass is 16.5. The molecule has 238 valence electrons. The average Bonchev–Trinajstić information content (AvgIpc) is 3.38. The Hall–Kier alpha value is -5.37. The number of rotatable bonds is 17. The van der Waals surface area contributed by atoms with E-state index in [0.29, 0.717) is 18.5 Å². The van der Waals surface area contributed by atoms with Gasteiger partial charge >= 0.3 is 0 Å². The number of benzene rings is 2. The Morgan fingerprint density at radius 1 is 0.711 bits per heavy atom. The van der Waals surface area contributed by atoms with Gasteiger partial charge in [0.1, 0.15) is 12.8 Å². The Bertz CT molecular complexity index is 1390. The molecule has 7 amide bonds. The molecule has 2 aromatic rings. The highest BCUT2D eigenvalue weighted by Crippen LogP contribution is 2.20. The zero-order chi connectivity index (χ0) is 32.6. The molecule has 0 radical (unpaired) electrons. The highest BCUT2D eigenvalue weighted by molar-refractivity contribution is 6.28. The number of nitrogens with zero attached hydrogens (tertiary/aromatic N) is 1. The molecule has 1 atom stereocenters. The van der Waals surface area contributed by atoms with Crippen molar-refractivity contribution >= 4 is 47.0 Å². The molecule has 1 aliphatic heterocycles. The van der Waals surface area contributed by atoms with E-state index >= 15 is 0 Å². The largest absolute Gasteiger partial charge is 0.364 e. The molecule has 0 bridgehead atoms. The number of amides is 7. The molecule has 0 fully saturated rings. The highest BCUT2D eigenvalue weighted by Gasteiger charge is 2.25. The van der Waals surface area contributed by atoms with Gasteiger partial charge in [-0.3, -0.25) is 33.6 Å². The maximum absolute atomic E-state index is 12.7. The Morgan fingerprint density at radius 2 is 1.31 bits per heavy atom. The molecule has 1 unspecified atom stereocenters. The maximum Gasteiger partial charge on any atom is 0.258 e. The number of hydrogen-bond acceptors (Lipinski definition) is 8. The van der Waals surface area contributed by atoms with Crippen LogP contribution in [0.4, 0.5) is 5.69 Å². The summed E-state index contributed by atoms with van der Waals surface area (Å²) in [6.07, 6.45) is 3.80. The van der Waals surface area contributed by atoms with E-state index in [1.165, 1.54) is 19.3 Å². The SMILES string of the molecule is COCNC(=O)CNC(=O)C(Cc1ccccc1)NC(=O)CNC(=O)CNC(=O)CCCc1ccc(N2C(=O)C=CC2=O)cc1. The van der Waals surface area contributed by atoms with Crippen LogP contribution in [0.3, 0.4) is 0 Å². The molecule has 3 rings (SSSR count). The fourth-order valence-corrected chi connectivity index (χ4v) is 4.24. The summed E-state index contributed by atoms with van der Waals surface area (Å²) >= 11 is 0. The minimum Gasteiger partial charge on any atom is -0.364 e. The van der Waals surface area contributed by atoms with Crippen LogP contribution in [-0.2, 0) is 51.1 Å². The summed E-state index contributed by atoms with van der Waals surface area (Å²) in [5, 5.41) is 12.4. The summed E-state index contributed by atoms with van der Waals surface area (Å²) in [5.41, 5.74) is 2.16. The van der Waals surface area contributed by atoms with Crippen LogP contribution < -0.4 is 31.5 Å². The molecule has 1 heterocycles. The second-order valence-corrected chi connectivity index (χ2v) is 9.98. The smallest absolute Gasteiger partial charge is 0.258 e. The number of methoxy groups -OCH3 is 1. The topological polar surface area (TPSA) is 192 Å². The summed E-state index contributed by atoms with van der Waals surface area (Å²) in [5.74, 6) is -3.41. The first-order chi connectivity index (χ1) is 21.7. The normalized spacial score (nSPS) is 12.8. The van der Waals surface area contributed by atoms with Gasteiger partial charge in [-0.15, -0.1) is 0 Å². The van der Waals surface area contributed by atoms with E-state index in [4.69, 9.17) is 4.74 Å². The predicted octanol–water partition coefficient (Wildman–Crippen LogP) is -0.765. The molecule has 5 N–H and O–H groups in total. The maximum atomic E-state index is 12.7. The second kappa shape index (κ2) is 17.7. The van der Waals surface area contributed by atoms with Gasteiger partial charge in [0, 0.05) is 32.1 Å². The number of hydrogen-bond donors (Lipinski definition) is 5. The molecule has 0 saturated heterocycles. The van der Waals surface area contributed by atoms with Gasteiger partial charge in [-0.05, 0) is 36.1 Å². The van der Waals surface area contributed by atoms with Gasteiger partial charge < -0.3 is 31.3 Å². The van der Waals surface area contributed by atoms with Gasteiger partial charge in [0.25, 0.3) is 11.8 Å². The predicted molar refractivity (Wildman–Crippen MR) is 162 cm³/mol. The van der Waals surface area contributed by atoms with Gasteiger partial charge in [0.15, 0.2) is 0 Å². The second-order valence-electron chi connectivity index (χ2n) is 9.98. The molecule has 0 spiro atoms. The summed E-state index contributed by atoms with van der Waals surface area (Å²) < 4.78 is 4.75. The Balaban J connectivity index is 1.36. The van der Waals surface area contributed by atoms with Crippen LogP contribution in [-0.4, -0.2) is 80.9 Å². The van der Waals surface area contributed by atoms with Crippen molar-refractivity contribution in [2.45, 2.75) is 31.7 Å². The number of carbonyl (C=O) groups excluding carboxylic acids is 7. The first-order valence-electron chi connectivity index (χ1n) is 14.2. The Morgan fingerprint density at radius 3 is 1.98 bits per heavy atom. The molecule has 45 heavy (non-hydrogen) atoms. The van der Waals surface area contributed by atoms with Crippen LogP contribution in [0, 0.1) is 0 Å². The van der Waals surface area contributed by atoms with Crippen molar-refractivity contribution < 1.29 is 38.3 Å². The number of nitrogens with one attached hydrogen (secondary N) is 5. The molecule has 2 aromatic carbocycles. The lowest BCUT2D eigenvalue weighted by atomic mass is 10.1. The van der Waals surface area contributed by atoms with Crippen molar-refractivity contribution in [3.8, 4) is 0 Å². The number of imide groups is 1. The van der Waals surface area contributed by atoms with Crippen LogP contribution in [0.15, 0.2) is 66.7 Å². The number of aryl methyl sites for hydroxylation is 1. The van der Waals surface area contributed by atoms with Gasteiger partial charge in [0.05, 0.1) is 25.3 Å². The minimum absolute atomic E-state index is 0.0134. The molecule has 0 aliphatic carbocycles. The summed E-state index contributed by atoms with van der Waals surface area (Å²) in [6.45, 7) is -1.09. The van der Waals surface area contributed by atoms with Crippen molar-refractivity contribution in [2.75, 3.05) is 38.4 Å². The van der Waals surface area contributed by atoms with Crippen molar-refractivity contribution in [3.05, 3.63) is 77.9 Å². The van der Waals surface area contributed by atoms with Gasteiger partial charge in [-0.1, -0.05) is 42.5 Å². The van der Waals surface area contributed by atoms with E-state index in [2.05, 4.69) is 26.6 Å². The van der Waals surface area contributed by atoms with E-state index in [0.717, 1.165) is 16.0 Å². The summed E-state index contributed by atoms with van der Waals surface area (Å²) in [6, 6.07) is 14.8. The van der Waals surface area contributed by atoms with Crippen molar-refractivity contribution in [2.24, 2.45) is 0 Å². The third-order valence-corrected chi connectivity index (χ3v) is 6.54. The number of carbonyl (C=O) groups is 7. The molecule has 14 heteroatoms. The molecular weight excluding hydrogens is 584 g/mol. The number of anilines is 1. The molecule has 1 aliphatic rings.